The van der Waals surface area contributed by atoms with E-state index in [2.05, 4.69) is 21.7 Å². The van der Waals surface area contributed by atoms with Crippen LogP contribution in [0, 0.1) is 6.92 Å². The van der Waals surface area contributed by atoms with Crippen LogP contribution in [0.3, 0.4) is 0 Å². The van der Waals surface area contributed by atoms with E-state index in [1.165, 1.54) is 5.56 Å². The maximum atomic E-state index is 13.8. The summed E-state index contributed by atoms with van der Waals surface area (Å²) in [5.74, 6) is 0.650. The highest BCUT2D eigenvalue weighted by atomic mass is 32.2. The smallest absolute Gasteiger partial charge is 0.264 e. The van der Waals surface area contributed by atoms with Crippen molar-refractivity contribution in [1.29, 1.82) is 0 Å². The van der Waals surface area contributed by atoms with Gasteiger partial charge in [-0.3, -0.25) is 9.21 Å². The van der Waals surface area contributed by atoms with Gasteiger partial charge in [-0.25, -0.2) is 8.42 Å². The molecule has 0 unspecified atom stereocenters. The van der Waals surface area contributed by atoms with Crippen LogP contribution in [0.2, 0.25) is 0 Å². The number of ether oxygens (including phenoxy) is 1. The Balaban J connectivity index is 1.62. The van der Waals surface area contributed by atoms with Gasteiger partial charge in [0.2, 0.25) is 0 Å². The van der Waals surface area contributed by atoms with Crippen molar-refractivity contribution in [2.24, 2.45) is 0 Å². The van der Waals surface area contributed by atoms with Crippen LogP contribution in [0.25, 0.3) is 0 Å². The predicted molar refractivity (Wildman–Crippen MR) is 126 cm³/mol. The van der Waals surface area contributed by atoms with Crippen molar-refractivity contribution >= 4 is 27.0 Å². The summed E-state index contributed by atoms with van der Waals surface area (Å²) in [5.41, 5.74) is 3.00. The number of hydrogen-bond acceptors (Lipinski definition) is 5. The number of aryl methyl sites for hydroxylation is 1. The van der Waals surface area contributed by atoms with Gasteiger partial charge < -0.3 is 4.74 Å². The van der Waals surface area contributed by atoms with Crippen LogP contribution in [0.5, 0.6) is 5.75 Å². The summed E-state index contributed by atoms with van der Waals surface area (Å²) in [6.07, 6.45) is 1.57. The zero-order valence-corrected chi connectivity index (χ0v) is 19.5. The van der Waals surface area contributed by atoms with E-state index >= 15 is 0 Å². The fourth-order valence-electron chi connectivity index (χ4n) is 4.07. The van der Waals surface area contributed by atoms with Crippen LogP contribution in [-0.4, -0.2) is 39.6 Å². The molecule has 0 radical (unpaired) electrons. The topological polar surface area (TPSA) is 49.9 Å². The summed E-state index contributed by atoms with van der Waals surface area (Å²) in [7, 11) is -2.10. The summed E-state index contributed by atoms with van der Waals surface area (Å²) in [6, 6.07) is 16.5. The van der Waals surface area contributed by atoms with E-state index in [1.807, 2.05) is 43.3 Å². The van der Waals surface area contributed by atoms with E-state index in [-0.39, 0.29) is 6.04 Å². The standard InChI is InChI=1S/C24H28N2O3S2/c1-19-6-8-24(9-7-19)31(27,28)26(22-4-3-5-23(16-22)29-2)21-10-13-25(14-11-21)17-20-12-15-30-18-20/h3-9,12,15-16,18,21H,10-11,13-14,17H2,1-2H3. The molecule has 164 valence electrons. The molecule has 5 nitrogen and oxygen atoms in total. The van der Waals surface area contributed by atoms with Crippen LogP contribution < -0.4 is 9.04 Å². The molecule has 1 fully saturated rings. The molecule has 0 aliphatic carbocycles. The molecule has 0 saturated carbocycles. The second-order valence-electron chi connectivity index (χ2n) is 7.95. The number of benzene rings is 2. The molecular weight excluding hydrogens is 428 g/mol. The zero-order valence-electron chi connectivity index (χ0n) is 17.9. The number of methoxy groups -OCH3 is 1. The Morgan fingerprint density at radius 2 is 1.84 bits per heavy atom. The Labute approximate surface area is 188 Å². The van der Waals surface area contributed by atoms with Crippen molar-refractivity contribution in [2.75, 3.05) is 24.5 Å². The summed E-state index contributed by atoms with van der Waals surface area (Å²) in [5, 5.41) is 4.28. The Morgan fingerprint density at radius 1 is 1.10 bits per heavy atom. The van der Waals surface area contributed by atoms with Crippen LogP contribution in [0.15, 0.2) is 70.3 Å². The van der Waals surface area contributed by atoms with Crippen molar-refractivity contribution < 1.29 is 13.2 Å². The highest BCUT2D eigenvalue weighted by Gasteiger charge is 2.34. The largest absolute Gasteiger partial charge is 0.497 e. The minimum Gasteiger partial charge on any atom is -0.497 e. The molecular formula is C24H28N2O3S2. The molecule has 0 N–H and O–H groups in total. The Morgan fingerprint density at radius 3 is 2.48 bits per heavy atom. The number of hydrogen-bond donors (Lipinski definition) is 0. The average molecular weight is 457 g/mol. The molecule has 0 spiro atoms. The second-order valence-corrected chi connectivity index (χ2v) is 10.5. The van der Waals surface area contributed by atoms with Crippen LogP contribution >= 0.6 is 11.3 Å². The Hall–Kier alpha value is -2.35. The van der Waals surface area contributed by atoms with E-state index < -0.39 is 10.0 Å². The van der Waals surface area contributed by atoms with Gasteiger partial charge in [-0.1, -0.05) is 23.8 Å². The number of thiophene rings is 1. The fourth-order valence-corrected chi connectivity index (χ4v) is 6.43. The minimum atomic E-state index is -3.70. The van der Waals surface area contributed by atoms with Crippen molar-refractivity contribution in [3.8, 4) is 5.75 Å². The van der Waals surface area contributed by atoms with Gasteiger partial charge in [0.1, 0.15) is 5.75 Å². The molecule has 0 bridgehead atoms. The molecule has 1 aliphatic heterocycles. The molecule has 1 saturated heterocycles. The maximum Gasteiger partial charge on any atom is 0.264 e. The lowest BCUT2D eigenvalue weighted by atomic mass is 10.0. The summed E-state index contributed by atoms with van der Waals surface area (Å²) in [4.78, 5) is 2.72. The van der Waals surface area contributed by atoms with Gasteiger partial charge in [-0.15, -0.1) is 0 Å². The average Bonchev–Trinajstić information content (AvgIpc) is 3.28. The molecule has 1 aliphatic rings. The van der Waals surface area contributed by atoms with Crippen molar-refractivity contribution in [3.05, 3.63) is 76.5 Å². The summed E-state index contributed by atoms with van der Waals surface area (Å²) in [6.45, 7) is 4.61. The Bertz CT molecular complexity index is 1090. The first-order chi connectivity index (χ1) is 15.0. The van der Waals surface area contributed by atoms with Gasteiger partial charge in [-0.2, -0.15) is 11.3 Å². The van der Waals surface area contributed by atoms with Crippen molar-refractivity contribution in [2.45, 2.75) is 37.2 Å². The van der Waals surface area contributed by atoms with Gasteiger partial charge in [0.15, 0.2) is 0 Å². The van der Waals surface area contributed by atoms with E-state index in [9.17, 15) is 8.42 Å². The number of anilines is 1. The fraction of sp³-hybridized carbons (Fsp3) is 0.333. The van der Waals surface area contributed by atoms with Crippen molar-refractivity contribution in [1.82, 2.24) is 4.90 Å². The third-order valence-corrected chi connectivity index (χ3v) is 8.39. The highest BCUT2D eigenvalue weighted by molar-refractivity contribution is 7.92. The molecule has 31 heavy (non-hydrogen) atoms. The molecule has 1 aromatic heterocycles. The van der Waals surface area contributed by atoms with Gasteiger partial charge in [0.25, 0.3) is 10.0 Å². The van der Waals surface area contributed by atoms with E-state index in [0.29, 0.717) is 16.3 Å². The number of nitrogens with zero attached hydrogens (tertiary/aromatic N) is 2. The van der Waals surface area contributed by atoms with Crippen molar-refractivity contribution in [3.63, 3.8) is 0 Å². The lowest BCUT2D eigenvalue weighted by Gasteiger charge is -2.39. The third-order valence-electron chi connectivity index (χ3n) is 5.76. The maximum absolute atomic E-state index is 13.8. The minimum absolute atomic E-state index is 0.0999. The number of likely N-dealkylation sites (tertiary alicyclic amines) is 1. The quantitative estimate of drug-likeness (QED) is 0.506. The first kappa shape index (κ1) is 21.9. The first-order valence-electron chi connectivity index (χ1n) is 10.5. The summed E-state index contributed by atoms with van der Waals surface area (Å²) >= 11 is 1.71. The summed E-state index contributed by atoms with van der Waals surface area (Å²) < 4.78 is 34.5. The molecule has 7 heteroatoms. The Kier molecular flexibility index (Phi) is 6.65. The lowest BCUT2D eigenvalue weighted by molar-refractivity contribution is 0.207. The van der Waals surface area contributed by atoms with Gasteiger partial charge >= 0.3 is 0 Å². The number of piperidine rings is 1. The van der Waals surface area contributed by atoms with Crippen LogP contribution in [-0.2, 0) is 16.6 Å². The van der Waals surface area contributed by atoms with Gasteiger partial charge in [0.05, 0.1) is 17.7 Å². The van der Waals surface area contributed by atoms with Crippen LogP contribution in [0.4, 0.5) is 5.69 Å². The SMILES string of the molecule is COc1cccc(N(C2CCN(Cc3ccsc3)CC2)S(=O)(=O)c2ccc(C)cc2)c1. The highest BCUT2D eigenvalue weighted by Crippen LogP contribution is 2.33. The van der Waals surface area contributed by atoms with E-state index in [0.717, 1.165) is 38.0 Å². The van der Waals surface area contributed by atoms with E-state index in [4.69, 9.17) is 4.74 Å². The number of sulfonamides is 1. The number of rotatable bonds is 7. The van der Waals surface area contributed by atoms with Gasteiger partial charge in [-0.05, 0) is 66.4 Å². The normalized spacial score (nSPS) is 15.7. The molecule has 3 aromatic rings. The second kappa shape index (κ2) is 9.42. The molecule has 4 rings (SSSR count). The molecule has 2 heterocycles. The molecule has 2 aromatic carbocycles. The first-order valence-corrected chi connectivity index (χ1v) is 12.8. The van der Waals surface area contributed by atoms with E-state index in [1.54, 1.807) is 34.9 Å². The van der Waals surface area contributed by atoms with Crippen LogP contribution in [0.1, 0.15) is 24.0 Å². The predicted octanol–water partition coefficient (Wildman–Crippen LogP) is 4.93. The van der Waals surface area contributed by atoms with Gasteiger partial charge in [0, 0.05) is 31.7 Å². The molecule has 0 amide bonds. The molecule has 0 atom stereocenters. The third kappa shape index (κ3) is 4.95. The monoisotopic (exact) mass is 456 g/mol. The zero-order chi connectivity index (χ0) is 21.8. The lowest BCUT2D eigenvalue weighted by Crippen LogP contribution is -2.47.